The van der Waals surface area contributed by atoms with Gasteiger partial charge in [0.2, 0.25) is 5.78 Å². The first-order chi connectivity index (χ1) is 11.2. The topological polar surface area (TPSA) is 17.1 Å². The van der Waals surface area contributed by atoms with Crippen LogP contribution in [-0.4, -0.2) is 5.78 Å². The minimum absolute atomic E-state index is 0.0367. The van der Waals surface area contributed by atoms with Crippen molar-refractivity contribution in [2.24, 2.45) is 0 Å². The number of Topliss-reactive ketones (excluding diaryl/α,β-unsaturated/α-hetero) is 1. The van der Waals surface area contributed by atoms with Gasteiger partial charge >= 0.3 is 0 Å². The minimum Gasteiger partial charge on any atom is -0.285 e. The first-order valence-corrected chi connectivity index (χ1v) is 8.11. The number of ketones is 1. The second-order valence-electron chi connectivity index (χ2n) is 5.22. The van der Waals surface area contributed by atoms with Crippen molar-refractivity contribution in [2.75, 3.05) is 0 Å². The van der Waals surface area contributed by atoms with E-state index in [0.29, 0.717) is 12.8 Å². The normalized spacial score (nSPS) is 10.3. The molecule has 0 radical (unpaired) electrons. The van der Waals surface area contributed by atoms with Gasteiger partial charge in [0, 0.05) is 17.0 Å². The molecule has 0 bridgehead atoms. The number of allylic oxidation sites excluding steroid dienone is 1. The van der Waals surface area contributed by atoms with Crippen LogP contribution in [0.25, 0.3) is 6.08 Å². The Morgan fingerprint density at radius 3 is 2.43 bits per heavy atom. The molecule has 1 nitrogen and oxygen atoms in total. The predicted octanol–water partition coefficient (Wildman–Crippen LogP) is 5.32. The maximum Gasteiger partial charge on any atom is 0.206 e. The van der Waals surface area contributed by atoms with Crippen molar-refractivity contribution < 1.29 is 4.79 Å². The van der Waals surface area contributed by atoms with Gasteiger partial charge < -0.3 is 0 Å². The fourth-order valence-electron chi connectivity index (χ4n) is 2.04. The van der Waals surface area contributed by atoms with Crippen molar-refractivity contribution in [3.05, 3.63) is 76.3 Å². The van der Waals surface area contributed by atoms with Crippen molar-refractivity contribution in [3.63, 3.8) is 0 Å². The maximum atomic E-state index is 11.8. The van der Waals surface area contributed by atoms with Gasteiger partial charge in [-0.15, -0.1) is 0 Å². The SMILES string of the molecule is CCc1ccc(C#CC(=O)CC/C=C/c2ccc(Cl)cc2)cc1. The Morgan fingerprint density at radius 1 is 1.09 bits per heavy atom. The smallest absolute Gasteiger partial charge is 0.206 e. The first-order valence-electron chi connectivity index (χ1n) is 7.73. The lowest BCUT2D eigenvalue weighted by Gasteiger charge is -1.95. The van der Waals surface area contributed by atoms with Crippen LogP contribution in [0.4, 0.5) is 0 Å². The number of rotatable bonds is 5. The van der Waals surface area contributed by atoms with Gasteiger partial charge in [-0.3, -0.25) is 4.79 Å². The second kappa shape index (κ2) is 8.98. The third kappa shape index (κ3) is 6.14. The van der Waals surface area contributed by atoms with Gasteiger partial charge in [0.1, 0.15) is 0 Å². The molecule has 2 heteroatoms. The molecule has 0 aliphatic rings. The van der Waals surface area contributed by atoms with Crippen LogP contribution in [0.1, 0.15) is 36.5 Å². The summed E-state index contributed by atoms with van der Waals surface area (Å²) in [6.07, 6.45) is 6.10. The van der Waals surface area contributed by atoms with E-state index in [1.165, 1.54) is 5.56 Å². The summed E-state index contributed by atoms with van der Waals surface area (Å²) in [5.74, 6) is 5.59. The number of carbonyl (C=O) groups is 1. The van der Waals surface area contributed by atoms with Gasteiger partial charge in [-0.25, -0.2) is 0 Å². The number of hydrogen-bond acceptors (Lipinski definition) is 1. The molecule has 0 N–H and O–H groups in total. The Morgan fingerprint density at radius 2 is 1.78 bits per heavy atom. The summed E-state index contributed by atoms with van der Waals surface area (Å²) in [6.45, 7) is 2.11. The molecule has 0 spiro atoms. The molecule has 0 fully saturated rings. The Bertz CT molecular complexity index is 728. The molecule has 0 atom stereocenters. The molecule has 2 rings (SSSR count). The van der Waals surface area contributed by atoms with Crippen LogP contribution in [0.2, 0.25) is 5.02 Å². The molecule has 0 heterocycles. The lowest BCUT2D eigenvalue weighted by atomic mass is 10.1. The number of benzene rings is 2. The van der Waals surface area contributed by atoms with E-state index in [0.717, 1.165) is 22.6 Å². The quantitative estimate of drug-likeness (QED) is 0.681. The van der Waals surface area contributed by atoms with E-state index in [1.54, 1.807) is 0 Å². The van der Waals surface area contributed by atoms with Gasteiger partial charge in [0.15, 0.2) is 0 Å². The molecule has 0 saturated heterocycles. The summed E-state index contributed by atoms with van der Waals surface area (Å²) < 4.78 is 0. The number of aryl methyl sites for hydroxylation is 1. The Kier molecular flexibility index (Phi) is 6.66. The number of carbonyl (C=O) groups excluding carboxylic acids is 1. The van der Waals surface area contributed by atoms with E-state index in [2.05, 4.69) is 18.8 Å². The monoisotopic (exact) mass is 322 g/mol. The molecule has 23 heavy (non-hydrogen) atoms. The molecule has 116 valence electrons. The van der Waals surface area contributed by atoms with E-state index in [4.69, 9.17) is 11.6 Å². The van der Waals surface area contributed by atoms with Crippen LogP contribution < -0.4 is 0 Å². The fourth-order valence-corrected chi connectivity index (χ4v) is 2.16. The van der Waals surface area contributed by atoms with E-state index >= 15 is 0 Å². The van der Waals surface area contributed by atoms with Gasteiger partial charge in [0.25, 0.3) is 0 Å². The fraction of sp³-hybridized carbons (Fsp3) is 0.190. The third-order valence-electron chi connectivity index (χ3n) is 3.43. The zero-order chi connectivity index (χ0) is 16.5. The number of hydrogen-bond donors (Lipinski definition) is 0. The summed E-state index contributed by atoms with van der Waals surface area (Å²) in [5.41, 5.74) is 3.23. The third-order valence-corrected chi connectivity index (χ3v) is 3.68. The summed E-state index contributed by atoms with van der Waals surface area (Å²) in [4.78, 5) is 11.8. The van der Waals surface area contributed by atoms with Crippen LogP contribution in [0.3, 0.4) is 0 Å². The molecule has 0 aromatic heterocycles. The van der Waals surface area contributed by atoms with Crippen LogP contribution in [0.5, 0.6) is 0 Å². The highest BCUT2D eigenvalue weighted by Crippen LogP contribution is 2.11. The van der Waals surface area contributed by atoms with Gasteiger partial charge in [-0.05, 0) is 54.2 Å². The Hall–Kier alpha value is -2.30. The van der Waals surface area contributed by atoms with Gasteiger partial charge in [0.05, 0.1) is 0 Å². The minimum atomic E-state index is -0.0367. The van der Waals surface area contributed by atoms with Gasteiger partial charge in [-0.1, -0.05) is 60.9 Å². The zero-order valence-electron chi connectivity index (χ0n) is 13.2. The van der Waals surface area contributed by atoms with Crippen LogP contribution in [0, 0.1) is 11.8 Å². The molecular formula is C21H19ClO. The molecule has 0 unspecified atom stereocenters. The van der Waals surface area contributed by atoms with Crippen molar-refractivity contribution >= 4 is 23.5 Å². The first kappa shape index (κ1) is 17.1. The average Bonchev–Trinajstić information content (AvgIpc) is 2.59. The van der Waals surface area contributed by atoms with E-state index in [-0.39, 0.29) is 5.78 Å². The molecule has 2 aromatic rings. The molecule has 0 saturated carbocycles. The lowest BCUT2D eigenvalue weighted by Crippen LogP contribution is -1.91. The molecule has 0 aliphatic carbocycles. The highest BCUT2D eigenvalue weighted by Gasteiger charge is 1.95. The van der Waals surface area contributed by atoms with Crippen molar-refractivity contribution in [3.8, 4) is 11.8 Å². The van der Waals surface area contributed by atoms with Crippen molar-refractivity contribution in [1.82, 2.24) is 0 Å². The summed E-state index contributed by atoms with van der Waals surface area (Å²) in [5, 5.41) is 0.722. The van der Waals surface area contributed by atoms with E-state index in [1.807, 2.05) is 60.7 Å². The largest absolute Gasteiger partial charge is 0.285 e. The summed E-state index contributed by atoms with van der Waals surface area (Å²) in [6, 6.07) is 15.6. The van der Waals surface area contributed by atoms with Crippen molar-refractivity contribution in [2.45, 2.75) is 26.2 Å². The maximum absolute atomic E-state index is 11.8. The molecular weight excluding hydrogens is 304 g/mol. The predicted molar refractivity (Wildman–Crippen MR) is 97.4 cm³/mol. The second-order valence-corrected chi connectivity index (χ2v) is 5.65. The van der Waals surface area contributed by atoms with Crippen LogP contribution >= 0.6 is 11.6 Å². The summed E-state index contributed by atoms with van der Waals surface area (Å²) in [7, 11) is 0. The van der Waals surface area contributed by atoms with Gasteiger partial charge in [-0.2, -0.15) is 0 Å². The standard InChI is InChI=1S/C21H19ClO/c1-2-17-7-9-19(10-8-17)13-16-21(23)6-4-3-5-18-11-14-20(22)15-12-18/h3,5,7-12,14-15H,2,4,6H2,1H3/b5-3+. The van der Waals surface area contributed by atoms with E-state index in [9.17, 15) is 4.79 Å². The molecule has 0 aliphatic heterocycles. The highest BCUT2D eigenvalue weighted by molar-refractivity contribution is 6.30. The summed E-state index contributed by atoms with van der Waals surface area (Å²) >= 11 is 5.83. The average molecular weight is 323 g/mol. The zero-order valence-corrected chi connectivity index (χ0v) is 13.9. The molecule has 0 amide bonds. The van der Waals surface area contributed by atoms with E-state index < -0.39 is 0 Å². The van der Waals surface area contributed by atoms with Crippen LogP contribution in [-0.2, 0) is 11.2 Å². The highest BCUT2D eigenvalue weighted by atomic mass is 35.5. The van der Waals surface area contributed by atoms with Crippen LogP contribution in [0.15, 0.2) is 54.6 Å². The lowest BCUT2D eigenvalue weighted by molar-refractivity contribution is -0.113. The Labute approximate surface area is 143 Å². The number of halogens is 1. The van der Waals surface area contributed by atoms with Crippen molar-refractivity contribution in [1.29, 1.82) is 0 Å². The Balaban J connectivity index is 1.81. The molecule has 2 aromatic carbocycles.